The number of hydrogen-bond acceptors (Lipinski definition) is 1. The maximum atomic E-state index is 12.3. The van der Waals surface area contributed by atoms with E-state index in [0.717, 1.165) is 24.8 Å². The molecule has 3 rings (SSSR count). The summed E-state index contributed by atoms with van der Waals surface area (Å²) in [4.78, 5) is 12.3. The zero-order chi connectivity index (χ0) is 12.4. The van der Waals surface area contributed by atoms with Gasteiger partial charge >= 0.3 is 0 Å². The minimum absolute atomic E-state index is 0.190. The van der Waals surface area contributed by atoms with Crippen LogP contribution in [0.25, 0.3) is 0 Å². The quantitative estimate of drug-likeness (QED) is 0.663. The first-order valence-electron chi connectivity index (χ1n) is 6.49. The lowest BCUT2D eigenvalue weighted by molar-refractivity contribution is 0.0863. The van der Waals surface area contributed by atoms with Crippen molar-refractivity contribution in [1.82, 2.24) is 0 Å². The first kappa shape index (κ1) is 11.0. The number of Topliss-reactive ketones (excluding diaryl/α,β-unsaturated/α-hetero) is 1. The van der Waals surface area contributed by atoms with E-state index in [1.165, 1.54) is 16.7 Å². The maximum absolute atomic E-state index is 12.3. The fourth-order valence-electron chi connectivity index (χ4n) is 3.49. The molecule has 0 unspecified atom stereocenters. The van der Waals surface area contributed by atoms with Crippen LogP contribution in [-0.4, -0.2) is 5.78 Å². The topological polar surface area (TPSA) is 17.1 Å². The lowest BCUT2D eigenvalue weighted by atomic mass is 9.87. The number of rotatable bonds is 0. The fraction of sp³-hybridized carbons (Fsp3) is 0.562. The second-order valence-corrected chi connectivity index (χ2v) is 7.14. The van der Waals surface area contributed by atoms with Crippen molar-refractivity contribution in [1.29, 1.82) is 0 Å². The summed E-state index contributed by atoms with van der Waals surface area (Å²) >= 11 is 0. The van der Waals surface area contributed by atoms with Crippen LogP contribution in [0.4, 0.5) is 0 Å². The van der Waals surface area contributed by atoms with Gasteiger partial charge in [0, 0.05) is 11.0 Å². The highest BCUT2D eigenvalue weighted by Gasteiger charge is 2.41. The van der Waals surface area contributed by atoms with Crippen molar-refractivity contribution in [2.24, 2.45) is 10.8 Å². The second kappa shape index (κ2) is 3.01. The predicted octanol–water partition coefficient (Wildman–Crippen LogP) is 3.58. The van der Waals surface area contributed by atoms with Crippen molar-refractivity contribution in [2.75, 3.05) is 0 Å². The number of hydrogen-bond donors (Lipinski definition) is 0. The molecule has 0 aliphatic heterocycles. The third kappa shape index (κ3) is 1.48. The Labute approximate surface area is 103 Å². The largest absolute Gasteiger partial charge is 0.294 e. The summed E-state index contributed by atoms with van der Waals surface area (Å²) in [7, 11) is 0. The minimum atomic E-state index is -0.190. The van der Waals surface area contributed by atoms with E-state index in [4.69, 9.17) is 0 Å². The molecule has 2 aliphatic carbocycles. The van der Waals surface area contributed by atoms with E-state index in [-0.39, 0.29) is 5.41 Å². The molecule has 0 atom stereocenters. The number of ketones is 1. The van der Waals surface area contributed by atoms with Crippen LogP contribution in [0.15, 0.2) is 12.1 Å². The minimum Gasteiger partial charge on any atom is -0.294 e. The number of carbonyl (C=O) groups is 1. The van der Waals surface area contributed by atoms with Crippen LogP contribution in [0.1, 0.15) is 54.7 Å². The molecule has 0 amide bonds. The molecule has 0 saturated heterocycles. The van der Waals surface area contributed by atoms with Crippen LogP contribution in [0.5, 0.6) is 0 Å². The number of benzene rings is 1. The van der Waals surface area contributed by atoms with Crippen molar-refractivity contribution in [3.63, 3.8) is 0 Å². The van der Waals surface area contributed by atoms with Gasteiger partial charge in [0.1, 0.15) is 0 Å². The van der Waals surface area contributed by atoms with Crippen LogP contribution in [0.3, 0.4) is 0 Å². The van der Waals surface area contributed by atoms with Gasteiger partial charge in [0.2, 0.25) is 0 Å². The van der Waals surface area contributed by atoms with E-state index in [1.807, 2.05) is 0 Å². The van der Waals surface area contributed by atoms with Crippen LogP contribution < -0.4 is 0 Å². The van der Waals surface area contributed by atoms with Gasteiger partial charge in [-0.2, -0.15) is 0 Å². The summed E-state index contributed by atoms with van der Waals surface area (Å²) < 4.78 is 0. The molecule has 0 radical (unpaired) electrons. The standard InChI is InChI=1S/C16H20O/c1-15(2)7-10-5-6-11-13(12(10)8-15)9-16(3,4)14(11)17/h5-6H,7-9H2,1-4H3. The number of fused-ring (bicyclic) bond motifs is 3. The van der Waals surface area contributed by atoms with Crippen LogP contribution in [-0.2, 0) is 19.3 Å². The van der Waals surface area contributed by atoms with Gasteiger partial charge in [0.25, 0.3) is 0 Å². The average Bonchev–Trinajstić information content (AvgIpc) is 2.62. The summed E-state index contributed by atoms with van der Waals surface area (Å²) in [5.41, 5.74) is 5.47. The lowest BCUT2D eigenvalue weighted by Crippen LogP contribution is -2.18. The zero-order valence-electron chi connectivity index (χ0n) is 11.2. The Hall–Kier alpha value is -1.11. The Balaban J connectivity index is 2.16. The van der Waals surface area contributed by atoms with Crippen LogP contribution in [0, 0.1) is 10.8 Å². The van der Waals surface area contributed by atoms with E-state index in [0.29, 0.717) is 11.2 Å². The summed E-state index contributed by atoms with van der Waals surface area (Å²) in [6.07, 6.45) is 3.22. The SMILES string of the molecule is CC1(C)Cc2ccc3c(c2C1)CC(C)(C)C3=O. The molecule has 17 heavy (non-hydrogen) atoms. The Morgan fingerprint density at radius 1 is 0.941 bits per heavy atom. The van der Waals surface area contributed by atoms with E-state index in [2.05, 4.69) is 39.8 Å². The molecule has 1 aromatic rings. The summed E-state index contributed by atoms with van der Waals surface area (Å²) in [6, 6.07) is 4.24. The van der Waals surface area contributed by atoms with E-state index >= 15 is 0 Å². The van der Waals surface area contributed by atoms with Crippen LogP contribution in [0.2, 0.25) is 0 Å². The van der Waals surface area contributed by atoms with E-state index in [9.17, 15) is 4.79 Å². The first-order chi connectivity index (χ1) is 7.80. The zero-order valence-corrected chi connectivity index (χ0v) is 11.2. The van der Waals surface area contributed by atoms with Gasteiger partial charge < -0.3 is 0 Å². The highest BCUT2D eigenvalue weighted by Crippen LogP contribution is 2.45. The Bertz CT molecular complexity index is 521. The maximum Gasteiger partial charge on any atom is 0.169 e. The third-order valence-corrected chi connectivity index (χ3v) is 4.33. The van der Waals surface area contributed by atoms with Gasteiger partial charge in [-0.3, -0.25) is 4.79 Å². The summed E-state index contributed by atoms with van der Waals surface area (Å²) in [6.45, 7) is 8.78. The monoisotopic (exact) mass is 228 g/mol. The van der Waals surface area contributed by atoms with Crippen molar-refractivity contribution in [3.8, 4) is 0 Å². The molecular weight excluding hydrogens is 208 g/mol. The van der Waals surface area contributed by atoms with E-state index in [1.54, 1.807) is 0 Å². The van der Waals surface area contributed by atoms with Gasteiger partial charge in [-0.15, -0.1) is 0 Å². The molecule has 0 spiro atoms. The summed E-state index contributed by atoms with van der Waals surface area (Å²) in [5, 5.41) is 0. The molecule has 0 heterocycles. The normalized spacial score (nSPS) is 23.6. The highest BCUT2D eigenvalue weighted by molar-refractivity contribution is 6.05. The molecule has 90 valence electrons. The van der Waals surface area contributed by atoms with Crippen LogP contribution >= 0.6 is 0 Å². The smallest absolute Gasteiger partial charge is 0.169 e. The molecule has 2 aliphatic rings. The molecule has 0 fully saturated rings. The average molecular weight is 228 g/mol. The fourth-order valence-corrected chi connectivity index (χ4v) is 3.49. The summed E-state index contributed by atoms with van der Waals surface area (Å²) in [5.74, 6) is 0.333. The molecule has 1 aromatic carbocycles. The Kier molecular flexibility index (Phi) is 1.95. The molecular formula is C16H20O. The molecule has 0 N–H and O–H groups in total. The molecule has 0 bridgehead atoms. The molecule has 1 heteroatoms. The van der Waals surface area contributed by atoms with Crippen molar-refractivity contribution < 1.29 is 4.79 Å². The van der Waals surface area contributed by atoms with Gasteiger partial charge in [0.15, 0.2) is 5.78 Å². The molecule has 0 saturated carbocycles. The van der Waals surface area contributed by atoms with E-state index < -0.39 is 0 Å². The van der Waals surface area contributed by atoms with Crippen molar-refractivity contribution in [2.45, 2.75) is 47.0 Å². The lowest BCUT2D eigenvalue weighted by Gasteiger charge is -2.16. The van der Waals surface area contributed by atoms with Crippen molar-refractivity contribution in [3.05, 3.63) is 34.4 Å². The van der Waals surface area contributed by atoms with Crippen molar-refractivity contribution >= 4 is 5.78 Å². The Morgan fingerprint density at radius 3 is 2.35 bits per heavy atom. The third-order valence-electron chi connectivity index (χ3n) is 4.33. The number of carbonyl (C=O) groups excluding carboxylic acids is 1. The molecule has 1 nitrogen and oxygen atoms in total. The highest BCUT2D eigenvalue weighted by atomic mass is 16.1. The predicted molar refractivity (Wildman–Crippen MR) is 69.4 cm³/mol. The van der Waals surface area contributed by atoms with Gasteiger partial charge in [-0.25, -0.2) is 0 Å². The first-order valence-corrected chi connectivity index (χ1v) is 6.49. The van der Waals surface area contributed by atoms with Gasteiger partial charge in [-0.05, 0) is 41.4 Å². The van der Waals surface area contributed by atoms with Gasteiger partial charge in [-0.1, -0.05) is 39.8 Å². The second-order valence-electron chi connectivity index (χ2n) is 7.14. The van der Waals surface area contributed by atoms with Gasteiger partial charge in [0.05, 0.1) is 0 Å². The molecule has 0 aromatic heterocycles. The Morgan fingerprint density at radius 2 is 1.65 bits per heavy atom.